The van der Waals surface area contributed by atoms with Crippen LogP contribution in [0.3, 0.4) is 0 Å². The third-order valence-electron chi connectivity index (χ3n) is 4.62. The molecule has 24 heavy (non-hydrogen) atoms. The summed E-state index contributed by atoms with van der Waals surface area (Å²) in [6, 6.07) is 0. The molecule has 0 radical (unpaired) electrons. The van der Waals surface area contributed by atoms with Crippen LogP contribution in [0.2, 0.25) is 0 Å². The van der Waals surface area contributed by atoms with Gasteiger partial charge in [-0.1, -0.05) is 0 Å². The maximum atomic E-state index is 11.1. The fourth-order valence-corrected chi connectivity index (χ4v) is 3.52. The molecule has 1 aromatic carbocycles. The summed E-state index contributed by atoms with van der Waals surface area (Å²) in [6.45, 7) is 7.07. The minimum Gasteiger partial charge on any atom is -0.487 e. The van der Waals surface area contributed by atoms with E-state index in [-0.39, 0.29) is 12.2 Å². The summed E-state index contributed by atoms with van der Waals surface area (Å²) in [6.07, 6.45) is 1.64. The highest BCUT2D eigenvalue weighted by atomic mass is 32.3. The number of carboxylic acid groups (broad SMARTS) is 1. The van der Waals surface area contributed by atoms with E-state index in [9.17, 15) is 13.2 Å². The highest BCUT2D eigenvalue weighted by Gasteiger charge is 2.35. The summed E-state index contributed by atoms with van der Waals surface area (Å²) in [5.41, 5.74) is 2.12. The van der Waals surface area contributed by atoms with Crippen LogP contribution in [0, 0.1) is 20.8 Å². The van der Waals surface area contributed by atoms with E-state index in [1.54, 1.807) is 20.8 Å². The topological polar surface area (TPSA) is 110 Å². The molecule has 1 unspecified atom stereocenters. The van der Waals surface area contributed by atoms with Crippen LogP contribution in [-0.2, 0) is 21.6 Å². The molecule has 0 saturated heterocycles. The average molecular weight is 358 g/mol. The zero-order chi connectivity index (χ0) is 18.3. The van der Waals surface area contributed by atoms with Crippen molar-refractivity contribution < 1.29 is 31.8 Å². The summed E-state index contributed by atoms with van der Waals surface area (Å²) >= 11 is 0. The average Bonchev–Trinajstić information content (AvgIpc) is 2.46. The third-order valence-corrected chi connectivity index (χ3v) is 5.00. The Bertz CT molecular complexity index is 782. The smallest absolute Gasteiger partial charge is 0.446 e. The van der Waals surface area contributed by atoms with Crippen molar-refractivity contribution in [3.63, 3.8) is 0 Å². The van der Waals surface area contributed by atoms with Crippen LogP contribution in [0.4, 0.5) is 0 Å². The van der Waals surface area contributed by atoms with Crippen molar-refractivity contribution in [3.05, 3.63) is 22.3 Å². The Labute approximate surface area is 141 Å². The second kappa shape index (κ2) is 6.25. The van der Waals surface area contributed by atoms with Gasteiger partial charge in [0.25, 0.3) is 0 Å². The number of hydrogen-bond acceptors (Lipinski definition) is 5. The van der Waals surface area contributed by atoms with Gasteiger partial charge in [0.1, 0.15) is 11.4 Å². The van der Waals surface area contributed by atoms with Gasteiger partial charge >= 0.3 is 16.4 Å². The lowest BCUT2D eigenvalue weighted by Crippen LogP contribution is -2.37. The lowest BCUT2D eigenvalue weighted by molar-refractivity contribution is -0.138. The Hall–Kier alpha value is -1.80. The fourth-order valence-electron chi connectivity index (χ4n) is 3.06. The van der Waals surface area contributed by atoms with Crippen LogP contribution in [0.25, 0.3) is 0 Å². The molecule has 1 aliphatic heterocycles. The minimum atomic E-state index is -4.61. The highest BCUT2D eigenvalue weighted by molar-refractivity contribution is 7.81. The first-order valence-corrected chi connectivity index (χ1v) is 9.00. The summed E-state index contributed by atoms with van der Waals surface area (Å²) in [4.78, 5) is 10.8. The molecule has 0 amide bonds. The lowest BCUT2D eigenvalue weighted by atomic mass is 9.85. The van der Waals surface area contributed by atoms with Gasteiger partial charge in [-0.15, -0.1) is 0 Å². The standard InChI is InChI=1S/C16H22O7S/c1-9-10(2)15-12(11(3)14(9)23-24(19,20)21)5-7-16(4,22-15)8-6-13(17)18/h5-8H2,1-4H3,(H,17,18)(H,19,20,21). The molecule has 2 N–H and O–H groups in total. The Morgan fingerprint density at radius 2 is 1.88 bits per heavy atom. The molecule has 0 aromatic heterocycles. The molecule has 0 saturated carbocycles. The SMILES string of the molecule is Cc1c(C)c2c(c(C)c1OS(=O)(=O)O)CCC(C)(CCC(=O)O)O2. The van der Waals surface area contributed by atoms with Gasteiger partial charge in [0, 0.05) is 17.5 Å². The van der Waals surface area contributed by atoms with Gasteiger partial charge in [-0.2, -0.15) is 8.42 Å². The van der Waals surface area contributed by atoms with Crippen LogP contribution < -0.4 is 8.92 Å². The maximum absolute atomic E-state index is 11.1. The maximum Gasteiger partial charge on any atom is 0.446 e. The molecule has 0 aliphatic carbocycles. The quantitative estimate of drug-likeness (QED) is 0.779. The van der Waals surface area contributed by atoms with E-state index in [2.05, 4.69) is 0 Å². The molecule has 2 rings (SSSR count). The number of carbonyl (C=O) groups is 1. The van der Waals surface area contributed by atoms with Crippen molar-refractivity contribution in [1.82, 2.24) is 0 Å². The predicted molar refractivity (Wildman–Crippen MR) is 87.1 cm³/mol. The van der Waals surface area contributed by atoms with Gasteiger partial charge in [0.15, 0.2) is 5.75 Å². The number of hydrogen-bond donors (Lipinski definition) is 2. The Morgan fingerprint density at radius 1 is 1.25 bits per heavy atom. The number of rotatable bonds is 5. The van der Waals surface area contributed by atoms with E-state index in [1.165, 1.54) is 0 Å². The molecule has 134 valence electrons. The van der Waals surface area contributed by atoms with Gasteiger partial charge < -0.3 is 14.0 Å². The minimum absolute atomic E-state index is 0.0206. The van der Waals surface area contributed by atoms with Crippen molar-refractivity contribution >= 4 is 16.4 Å². The van der Waals surface area contributed by atoms with E-state index in [1.807, 2.05) is 6.92 Å². The molecular formula is C16H22O7S. The Morgan fingerprint density at radius 3 is 2.42 bits per heavy atom. The Kier molecular flexibility index (Phi) is 4.83. The van der Waals surface area contributed by atoms with Crippen molar-refractivity contribution in [2.75, 3.05) is 0 Å². The molecular weight excluding hydrogens is 336 g/mol. The first-order valence-electron chi connectivity index (χ1n) is 7.64. The summed E-state index contributed by atoms with van der Waals surface area (Å²) < 4.78 is 42.0. The van der Waals surface area contributed by atoms with E-state index < -0.39 is 22.0 Å². The molecule has 0 fully saturated rings. The molecule has 1 aromatic rings. The zero-order valence-corrected chi connectivity index (χ0v) is 15.0. The van der Waals surface area contributed by atoms with Gasteiger partial charge in [-0.25, -0.2) is 0 Å². The second-order valence-electron chi connectivity index (χ2n) is 6.47. The first-order chi connectivity index (χ1) is 10.9. The van der Waals surface area contributed by atoms with Crippen LogP contribution >= 0.6 is 0 Å². The summed E-state index contributed by atoms with van der Waals surface area (Å²) in [7, 11) is -4.61. The zero-order valence-electron chi connectivity index (χ0n) is 14.2. The molecule has 7 nitrogen and oxygen atoms in total. The number of fused-ring (bicyclic) bond motifs is 1. The Balaban J connectivity index is 2.45. The number of ether oxygens (including phenoxy) is 1. The van der Waals surface area contributed by atoms with Gasteiger partial charge in [-0.05, 0) is 58.1 Å². The molecule has 0 spiro atoms. The second-order valence-corrected chi connectivity index (χ2v) is 7.49. The molecule has 0 bridgehead atoms. The van der Waals surface area contributed by atoms with Crippen molar-refractivity contribution in [2.45, 2.75) is 59.0 Å². The van der Waals surface area contributed by atoms with Crippen LogP contribution in [0.5, 0.6) is 11.5 Å². The number of carboxylic acids is 1. The molecule has 1 aliphatic rings. The summed E-state index contributed by atoms with van der Waals surface area (Å²) in [5, 5.41) is 8.89. The predicted octanol–water partition coefficient (Wildman–Crippen LogP) is 2.74. The molecule has 1 atom stereocenters. The first kappa shape index (κ1) is 18.5. The van der Waals surface area contributed by atoms with E-state index in [0.29, 0.717) is 36.1 Å². The highest BCUT2D eigenvalue weighted by Crippen LogP contribution is 2.44. The van der Waals surface area contributed by atoms with Gasteiger partial charge in [0.05, 0.1) is 0 Å². The number of aliphatic carboxylic acids is 1. The molecule has 1 heterocycles. The summed E-state index contributed by atoms with van der Waals surface area (Å²) in [5.74, 6) is -0.107. The van der Waals surface area contributed by atoms with E-state index in [0.717, 1.165) is 11.1 Å². The fraction of sp³-hybridized carbons (Fsp3) is 0.562. The van der Waals surface area contributed by atoms with Crippen LogP contribution in [0.1, 0.15) is 48.4 Å². The third kappa shape index (κ3) is 3.81. The normalized spacial score (nSPS) is 20.2. The van der Waals surface area contributed by atoms with Crippen LogP contribution in [-0.4, -0.2) is 29.6 Å². The monoisotopic (exact) mass is 358 g/mol. The van der Waals surface area contributed by atoms with Crippen molar-refractivity contribution in [1.29, 1.82) is 0 Å². The van der Waals surface area contributed by atoms with Crippen LogP contribution in [0.15, 0.2) is 0 Å². The van der Waals surface area contributed by atoms with E-state index in [4.69, 9.17) is 18.6 Å². The van der Waals surface area contributed by atoms with Crippen molar-refractivity contribution in [2.24, 2.45) is 0 Å². The molecule has 8 heteroatoms. The van der Waals surface area contributed by atoms with E-state index >= 15 is 0 Å². The number of benzene rings is 1. The lowest BCUT2D eigenvalue weighted by Gasteiger charge is -2.38. The largest absolute Gasteiger partial charge is 0.487 e. The van der Waals surface area contributed by atoms with Gasteiger partial charge in [0.2, 0.25) is 0 Å². The van der Waals surface area contributed by atoms with Crippen molar-refractivity contribution in [3.8, 4) is 11.5 Å². The van der Waals surface area contributed by atoms with Gasteiger partial charge in [-0.3, -0.25) is 9.35 Å².